The lowest BCUT2D eigenvalue weighted by atomic mass is 9.48. The Hall–Kier alpha value is -0.790. The third-order valence-corrected chi connectivity index (χ3v) is 11.3. The van der Waals surface area contributed by atoms with Crippen LogP contribution in [0.5, 0.6) is 0 Å². The van der Waals surface area contributed by atoms with Crippen molar-refractivity contribution in [1.82, 2.24) is 0 Å². The number of allylic oxidation sites excluding steroid dienone is 2. The maximum Gasteiger partial charge on any atom is 0.309 e. The van der Waals surface area contributed by atoms with Crippen molar-refractivity contribution in [2.75, 3.05) is 7.11 Å². The zero-order chi connectivity index (χ0) is 23.5. The van der Waals surface area contributed by atoms with Crippen molar-refractivity contribution in [3.8, 4) is 0 Å². The van der Waals surface area contributed by atoms with Gasteiger partial charge in [0.25, 0.3) is 0 Å². The van der Waals surface area contributed by atoms with E-state index >= 15 is 0 Å². The second kappa shape index (κ2) is 8.46. The van der Waals surface area contributed by atoms with Crippen molar-refractivity contribution in [2.24, 2.45) is 57.7 Å². The first-order valence-corrected chi connectivity index (χ1v) is 13.8. The molecule has 2 nitrogen and oxygen atoms in total. The molecule has 0 aliphatic heterocycles. The van der Waals surface area contributed by atoms with Gasteiger partial charge in [-0.2, -0.15) is 0 Å². The molecule has 32 heavy (non-hydrogen) atoms. The van der Waals surface area contributed by atoms with Gasteiger partial charge in [0.2, 0.25) is 0 Å². The van der Waals surface area contributed by atoms with Gasteiger partial charge in [0.05, 0.1) is 13.0 Å². The topological polar surface area (TPSA) is 26.3 Å². The number of ether oxygens (including phenoxy) is 1. The summed E-state index contributed by atoms with van der Waals surface area (Å²) >= 11 is 0. The second-order valence-electron chi connectivity index (χ2n) is 13.7. The lowest BCUT2D eigenvalue weighted by Crippen LogP contribution is -2.49. The van der Waals surface area contributed by atoms with Crippen LogP contribution in [0.4, 0.5) is 0 Å². The van der Waals surface area contributed by atoms with Gasteiger partial charge < -0.3 is 4.74 Å². The monoisotopic (exact) mass is 442 g/mol. The molecular formula is C30H50O2. The van der Waals surface area contributed by atoms with E-state index in [1.807, 2.05) is 0 Å². The number of carbonyl (C=O) groups is 1. The fraction of sp³-hybridized carbons (Fsp3) is 0.900. The minimum atomic E-state index is -0.0727. The molecule has 3 saturated carbocycles. The lowest BCUT2D eigenvalue weighted by molar-refractivity contribution is -0.148. The van der Waals surface area contributed by atoms with Crippen molar-refractivity contribution < 1.29 is 9.53 Å². The van der Waals surface area contributed by atoms with Gasteiger partial charge in [-0.15, -0.1) is 0 Å². The molecule has 0 heterocycles. The van der Waals surface area contributed by atoms with Gasteiger partial charge in [0.1, 0.15) is 0 Å². The standard InChI is InChI=1S/C30H50O2/c1-19(2)10-9-11-20(3)22-13-14-23-21-12-15-26-28(4,5)25(27(31)32-8)18-30(26,7)24(21)16-17-29(22,23)6/h15,19-25H,9-14,16-18H2,1-8H3/t20-,21+,22-,23-,24+,25+,29+,30+/m0/s1. The number of carbonyl (C=O) groups excluding carboxylic acids is 1. The zero-order valence-electron chi connectivity index (χ0n) is 22.3. The molecule has 0 aromatic rings. The van der Waals surface area contributed by atoms with Gasteiger partial charge in [-0.25, -0.2) is 0 Å². The number of hydrogen-bond acceptors (Lipinski definition) is 2. The number of esters is 1. The lowest BCUT2D eigenvalue weighted by Gasteiger charge is -2.56. The van der Waals surface area contributed by atoms with Gasteiger partial charge in [-0.05, 0) is 90.3 Å². The third kappa shape index (κ3) is 3.61. The SMILES string of the molecule is COC(=O)[C@H]1C[C@@]2(C)C(=CC[C@H]3[C@H]2CC[C@@]2(C)[C@H]3CC[C@H]2[C@@H](C)CCCC(C)C)C1(C)C. The van der Waals surface area contributed by atoms with E-state index in [0.29, 0.717) is 5.41 Å². The van der Waals surface area contributed by atoms with E-state index in [9.17, 15) is 4.79 Å². The van der Waals surface area contributed by atoms with E-state index < -0.39 is 0 Å². The number of methoxy groups -OCH3 is 1. The Labute approximate surface area is 198 Å². The molecule has 0 spiro atoms. The molecule has 182 valence electrons. The predicted molar refractivity (Wildman–Crippen MR) is 133 cm³/mol. The summed E-state index contributed by atoms with van der Waals surface area (Å²) in [6.45, 7) is 17.0. The number of fused-ring (bicyclic) bond motifs is 5. The van der Waals surface area contributed by atoms with Crippen LogP contribution in [-0.2, 0) is 9.53 Å². The van der Waals surface area contributed by atoms with Crippen LogP contribution in [0.25, 0.3) is 0 Å². The molecular weight excluding hydrogens is 392 g/mol. The van der Waals surface area contributed by atoms with Gasteiger partial charge in [0, 0.05) is 0 Å². The number of hydrogen-bond donors (Lipinski definition) is 0. The van der Waals surface area contributed by atoms with E-state index in [0.717, 1.165) is 41.9 Å². The molecule has 8 atom stereocenters. The van der Waals surface area contributed by atoms with Gasteiger partial charge >= 0.3 is 5.97 Å². The van der Waals surface area contributed by atoms with E-state index in [-0.39, 0.29) is 22.7 Å². The van der Waals surface area contributed by atoms with Crippen molar-refractivity contribution in [3.63, 3.8) is 0 Å². The Morgan fingerprint density at radius 2 is 1.78 bits per heavy atom. The van der Waals surface area contributed by atoms with Crippen LogP contribution < -0.4 is 0 Å². The van der Waals surface area contributed by atoms with Crippen LogP contribution in [-0.4, -0.2) is 13.1 Å². The van der Waals surface area contributed by atoms with Crippen molar-refractivity contribution in [2.45, 2.75) is 106 Å². The Balaban J connectivity index is 1.54. The molecule has 2 heteroatoms. The molecule has 4 aliphatic rings. The largest absolute Gasteiger partial charge is 0.469 e. The highest BCUT2D eigenvalue weighted by Crippen LogP contribution is 2.71. The summed E-state index contributed by atoms with van der Waals surface area (Å²) in [7, 11) is 1.56. The normalized spacial score (nSPS) is 43.3. The molecule has 0 saturated heterocycles. The Kier molecular flexibility index (Phi) is 6.43. The van der Waals surface area contributed by atoms with E-state index in [1.54, 1.807) is 12.7 Å². The Morgan fingerprint density at radius 3 is 2.44 bits per heavy atom. The summed E-state index contributed by atoms with van der Waals surface area (Å²) in [6.07, 6.45) is 14.6. The highest BCUT2D eigenvalue weighted by molar-refractivity contribution is 5.75. The summed E-state index contributed by atoms with van der Waals surface area (Å²) in [5.41, 5.74) is 2.20. The minimum absolute atomic E-state index is 0.000115. The smallest absolute Gasteiger partial charge is 0.309 e. The molecule has 0 aromatic carbocycles. The van der Waals surface area contributed by atoms with E-state index in [1.165, 1.54) is 51.4 Å². The molecule has 0 unspecified atom stereocenters. The zero-order valence-corrected chi connectivity index (χ0v) is 22.3. The molecule has 0 bridgehead atoms. The van der Waals surface area contributed by atoms with Gasteiger partial charge in [0.15, 0.2) is 0 Å². The summed E-state index contributed by atoms with van der Waals surface area (Å²) in [6, 6.07) is 0. The van der Waals surface area contributed by atoms with Gasteiger partial charge in [-0.3, -0.25) is 4.79 Å². The molecule has 0 aromatic heterocycles. The second-order valence-corrected chi connectivity index (χ2v) is 13.7. The molecule has 4 aliphatic carbocycles. The fourth-order valence-electron chi connectivity index (χ4n) is 9.77. The van der Waals surface area contributed by atoms with Gasteiger partial charge in [-0.1, -0.05) is 79.4 Å². The van der Waals surface area contributed by atoms with Crippen LogP contribution in [0.3, 0.4) is 0 Å². The first-order valence-electron chi connectivity index (χ1n) is 13.8. The first-order chi connectivity index (χ1) is 15.0. The molecule has 0 radical (unpaired) electrons. The summed E-state index contributed by atoms with van der Waals surface area (Å²) in [5, 5.41) is 0. The third-order valence-electron chi connectivity index (χ3n) is 11.3. The summed E-state index contributed by atoms with van der Waals surface area (Å²) in [5.74, 6) is 5.02. The predicted octanol–water partition coefficient (Wildman–Crippen LogP) is 8.06. The Morgan fingerprint density at radius 1 is 1.06 bits per heavy atom. The average Bonchev–Trinajstić information content (AvgIpc) is 3.18. The minimum Gasteiger partial charge on any atom is -0.469 e. The molecule has 3 fully saturated rings. The van der Waals surface area contributed by atoms with E-state index in [4.69, 9.17) is 4.74 Å². The van der Waals surface area contributed by atoms with Crippen LogP contribution in [0, 0.1) is 57.7 Å². The van der Waals surface area contributed by atoms with Crippen molar-refractivity contribution in [3.05, 3.63) is 11.6 Å². The highest BCUT2D eigenvalue weighted by Gasteiger charge is 2.64. The highest BCUT2D eigenvalue weighted by atomic mass is 16.5. The van der Waals surface area contributed by atoms with Crippen molar-refractivity contribution in [1.29, 1.82) is 0 Å². The average molecular weight is 443 g/mol. The summed E-state index contributed by atoms with van der Waals surface area (Å²) in [4.78, 5) is 12.7. The quantitative estimate of drug-likeness (QED) is 0.307. The van der Waals surface area contributed by atoms with Crippen LogP contribution in [0.1, 0.15) is 106 Å². The molecule has 0 N–H and O–H groups in total. The fourth-order valence-corrected chi connectivity index (χ4v) is 9.77. The van der Waals surface area contributed by atoms with Crippen molar-refractivity contribution >= 4 is 5.97 Å². The maximum absolute atomic E-state index is 12.7. The Bertz CT molecular complexity index is 748. The maximum atomic E-state index is 12.7. The van der Waals surface area contributed by atoms with Crippen LogP contribution in [0.15, 0.2) is 11.6 Å². The number of rotatable bonds is 6. The van der Waals surface area contributed by atoms with Crippen LogP contribution in [0.2, 0.25) is 0 Å². The first kappa shape index (κ1) is 24.3. The van der Waals surface area contributed by atoms with Crippen LogP contribution >= 0.6 is 0 Å². The molecule has 4 rings (SSSR count). The van der Waals surface area contributed by atoms with E-state index in [2.05, 4.69) is 54.5 Å². The molecule has 0 amide bonds. The summed E-state index contributed by atoms with van der Waals surface area (Å²) < 4.78 is 5.26.